The molecule has 2 aliphatic heterocycles. The highest BCUT2D eigenvalue weighted by Crippen LogP contribution is 2.39. The van der Waals surface area contributed by atoms with Gasteiger partial charge in [0, 0.05) is 55.8 Å². The van der Waals surface area contributed by atoms with Crippen LogP contribution in [0.5, 0.6) is 0 Å². The van der Waals surface area contributed by atoms with Crippen LogP contribution in [0.4, 0.5) is 0 Å². The Hall–Kier alpha value is -3.26. The third-order valence-corrected chi connectivity index (χ3v) is 6.77. The van der Waals surface area contributed by atoms with Crippen LogP contribution in [-0.2, 0) is 20.9 Å². The maximum Gasteiger partial charge on any atom is 0.256 e. The number of aromatic nitrogens is 1. The lowest BCUT2D eigenvalue weighted by Crippen LogP contribution is -2.60. The number of nitrogens with one attached hydrogen (secondary N) is 1. The molecular formula is C27H34N4O4. The molecule has 3 amide bonds. The van der Waals surface area contributed by atoms with E-state index in [0.29, 0.717) is 38.0 Å². The predicted molar refractivity (Wildman–Crippen MR) is 131 cm³/mol. The van der Waals surface area contributed by atoms with Crippen molar-refractivity contribution >= 4 is 17.7 Å². The number of rotatable bonds is 4. The van der Waals surface area contributed by atoms with Crippen LogP contribution in [0.1, 0.15) is 55.1 Å². The minimum absolute atomic E-state index is 0.0772. The van der Waals surface area contributed by atoms with Gasteiger partial charge in [0.05, 0.1) is 6.61 Å². The Labute approximate surface area is 206 Å². The van der Waals surface area contributed by atoms with Gasteiger partial charge >= 0.3 is 0 Å². The molecule has 0 saturated carbocycles. The molecule has 1 aromatic heterocycles. The van der Waals surface area contributed by atoms with Crippen LogP contribution in [0, 0.1) is 12.3 Å². The van der Waals surface area contributed by atoms with Gasteiger partial charge in [0.2, 0.25) is 11.8 Å². The largest absolute Gasteiger partial charge is 0.353 e. The van der Waals surface area contributed by atoms with Crippen molar-refractivity contribution in [3.63, 3.8) is 0 Å². The first-order valence-electron chi connectivity index (χ1n) is 12.1. The van der Waals surface area contributed by atoms with Gasteiger partial charge in [-0.3, -0.25) is 24.3 Å². The van der Waals surface area contributed by atoms with Crippen LogP contribution >= 0.6 is 0 Å². The highest BCUT2D eigenvalue weighted by atomic mass is 16.5. The van der Waals surface area contributed by atoms with Gasteiger partial charge in [0.25, 0.3) is 5.91 Å². The average molecular weight is 479 g/mol. The lowest BCUT2D eigenvalue weighted by atomic mass is 9.91. The summed E-state index contributed by atoms with van der Waals surface area (Å²) >= 11 is 0. The molecule has 0 aliphatic carbocycles. The molecule has 35 heavy (non-hydrogen) atoms. The molecule has 2 saturated heterocycles. The maximum absolute atomic E-state index is 13.8. The third-order valence-electron chi connectivity index (χ3n) is 6.77. The Morgan fingerprint density at radius 1 is 1.06 bits per heavy atom. The minimum atomic E-state index is -0.921. The minimum Gasteiger partial charge on any atom is -0.353 e. The van der Waals surface area contributed by atoms with Gasteiger partial charge in [0.1, 0.15) is 11.8 Å². The zero-order chi connectivity index (χ0) is 25.2. The summed E-state index contributed by atoms with van der Waals surface area (Å²) in [5, 5.41) is 2.95. The van der Waals surface area contributed by atoms with Gasteiger partial charge in [-0.25, -0.2) is 0 Å². The fourth-order valence-corrected chi connectivity index (χ4v) is 4.74. The first kappa shape index (κ1) is 24.9. The first-order valence-corrected chi connectivity index (χ1v) is 12.1. The molecular weight excluding hydrogens is 444 g/mol. The van der Waals surface area contributed by atoms with Crippen molar-refractivity contribution in [1.82, 2.24) is 20.1 Å². The number of aryl methyl sites for hydroxylation is 1. The van der Waals surface area contributed by atoms with E-state index < -0.39 is 17.2 Å². The van der Waals surface area contributed by atoms with Gasteiger partial charge in [-0.2, -0.15) is 0 Å². The normalized spacial score (nSPS) is 19.6. The topological polar surface area (TPSA) is 91.8 Å². The van der Waals surface area contributed by atoms with Crippen molar-refractivity contribution in [2.75, 3.05) is 19.7 Å². The predicted octanol–water partition coefficient (Wildman–Crippen LogP) is 2.91. The fourth-order valence-electron chi connectivity index (χ4n) is 4.74. The van der Waals surface area contributed by atoms with Crippen LogP contribution < -0.4 is 5.32 Å². The zero-order valence-electron chi connectivity index (χ0n) is 20.9. The van der Waals surface area contributed by atoms with E-state index in [4.69, 9.17) is 4.74 Å². The summed E-state index contributed by atoms with van der Waals surface area (Å²) < 4.78 is 6.26. The number of piperidine rings is 1. The lowest BCUT2D eigenvalue weighted by molar-refractivity contribution is -0.150. The summed E-state index contributed by atoms with van der Waals surface area (Å²) in [5.74, 6) is -0.414. The molecule has 1 spiro atoms. The van der Waals surface area contributed by atoms with E-state index in [9.17, 15) is 14.4 Å². The monoisotopic (exact) mass is 478 g/mol. The number of hydrogen-bond donors (Lipinski definition) is 1. The van der Waals surface area contributed by atoms with Gasteiger partial charge in [0.15, 0.2) is 0 Å². The summed E-state index contributed by atoms with van der Waals surface area (Å²) in [7, 11) is 0. The molecule has 0 radical (unpaired) electrons. The number of likely N-dealkylation sites (tertiary alicyclic amines) is 1. The Morgan fingerprint density at radius 2 is 1.69 bits per heavy atom. The summed E-state index contributed by atoms with van der Waals surface area (Å²) in [4.78, 5) is 47.3. The van der Waals surface area contributed by atoms with E-state index in [-0.39, 0.29) is 24.3 Å². The van der Waals surface area contributed by atoms with Gasteiger partial charge < -0.3 is 15.0 Å². The van der Waals surface area contributed by atoms with Crippen molar-refractivity contribution in [3.8, 4) is 0 Å². The molecule has 1 atom stereocenters. The molecule has 2 aromatic rings. The SMILES string of the molecule is Cc1ccc(C(=O)N2C(C(=O)NCc3ccncc3)COC23CCN(C(=O)C(C)(C)C)CC3)cc1. The van der Waals surface area contributed by atoms with Crippen LogP contribution in [0.15, 0.2) is 48.8 Å². The third kappa shape index (κ3) is 5.22. The molecule has 4 rings (SSSR count). The second-order valence-corrected chi connectivity index (χ2v) is 10.4. The van der Waals surface area contributed by atoms with Crippen LogP contribution in [0.2, 0.25) is 0 Å². The second-order valence-electron chi connectivity index (χ2n) is 10.4. The smallest absolute Gasteiger partial charge is 0.256 e. The molecule has 8 nitrogen and oxygen atoms in total. The van der Waals surface area contributed by atoms with E-state index in [1.165, 1.54) is 0 Å². The van der Waals surface area contributed by atoms with Gasteiger partial charge in [-0.15, -0.1) is 0 Å². The van der Waals surface area contributed by atoms with E-state index in [1.54, 1.807) is 29.4 Å². The molecule has 2 aliphatic rings. The van der Waals surface area contributed by atoms with Crippen molar-refractivity contribution in [2.45, 2.75) is 58.8 Å². The van der Waals surface area contributed by atoms with Crippen molar-refractivity contribution in [3.05, 3.63) is 65.5 Å². The Bertz CT molecular complexity index is 1070. The highest BCUT2D eigenvalue weighted by molar-refractivity contribution is 5.98. The summed E-state index contributed by atoms with van der Waals surface area (Å²) in [5.41, 5.74) is 1.09. The number of ether oxygens (including phenoxy) is 1. The maximum atomic E-state index is 13.8. The number of carbonyl (C=O) groups is 3. The summed E-state index contributed by atoms with van der Waals surface area (Å²) in [6, 6.07) is 10.3. The summed E-state index contributed by atoms with van der Waals surface area (Å²) in [6.07, 6.45) is 4.27. The van der Waals surface area contributed by atoms with Crippen molar-refractivity contribution in [2.24, 2.45) is 5.41 Å². The number of benzene rings is 1. The Balaban J connectivity index is 1.56. The van der Waals surface area contributed by atoms with Crippen LogP contribution in [0.3, 0.4) is 0 Å². The number of amides is 3. The Kier molecular flexibility index (Phi) is 6.94. The average Bonchev–Trinajstić information content (AvgIpc) is 3.21. The number of hydrogen-bond acceptors (Lipinski definition) is 5. The lowest BCUT2D eigenvalue weighted by Gasteiger charge is -2.45. The molecule has 1 aromatic carbocycles. The van der Waals surface area contributed by atoms with Crippen LogP contribution in [0.25, 0.3) is 0 Å². The van der Waals surface area contributed by atoms with Gasteiger partial charge in [-0.1, -0.05) is 38.5 Å². The highest BCUT2D eigenvalue weighted by Gasteiger charge is 2.54. The number of pyridine rings is 1. The number of carbonyl (C=O) groups excluding carboxylic acids is 3. The molecule has 2 fully saturated rings. The second kappa shape index (κ2) is 9.77. The Morgan fingerprint density at radius 3 is 2.29 bits per heavy atom. The van der Waals surface area contributed by atoms with Crippen molar-refractivity contribution < 1.29 is 19.1 Å². The molecule has 0 bridgehead atoms. The number of nitrogens with zero attached hydrogens (tertiary/aromatic N) is 3. The quantitative estimate of drug-likeness (QED) is 0.730. The van der Waals surface area contributed by atoms with E-state index in [0.717, 1.165) is 11.1 Å². The zero-order valence-corrected chi connectivity index (χ0v) is 20.9. The van der Waals surface area contributed by atoms with E-state index in [2.05, 4.69) is 10.3 Å². The van der Waals surface area contributed by atoms with Crippen molar-refractivity contribution in [1.29, 1.82) is 0 Å². The summed E-state index contributed by atoms with van der Waals surface area (Å²) in [6.45, 7) is 9.08. The fraction of sp³-hybridized carbons (Fsp3) is 0.481. The van der Waals surface area contributed by atoms with E-state index >= 15 is 0 Å². The standard InChI is InChI=1S/C27H34N4O4/c1-19-5-7-21(8-6-19)24(33)31-22(23(32)29-17-20-9-13-28-14-10-20)18-35-27(31)11-15-30(16-12-27)25(34)26(2,3)4/h5-10,13-14,22H,11-12,15-18H2,1-4H3,(H,29,32). The molecule has 186 valence electrons. The molecule has 1 N–H and O–H groups in total. The van der Waals surface area contributed by atoms with Gasteiger partial charge in [-0.05, 0) is 36.8 Å². The molecule has 8 heteroatoms. The molecule has 3 heterocycles. The van der Waals surface area contributed by atoms with E-state index in [1.807, 2.05) is 56.9 Å². The van der Waals surface area contributed by atoms with Crippen LogP contribution in [-0.4, -0.2) is 64.0 Å². The molecule has 1 unspecified atom stereocenters. The first-order chi connectivity index (χ1) is 16.6.